The third-order valence-electron chi connectivity index (χ3n) is 5.00. The predicted molar refractivity (Wildman–Crippen MR) is 92.8 cm³/mol. The van der Waals surface area contributed by atoms with Gasteiger partial charge >= 0.3 is 0 Å². The fraction of sp³-hybridized carbons (Fsp3) is 0.625. The zero-order chi connectivity index (χ0) is 17.7. The van der Waals surface area contributed by atoms with E-state index in [0.717, 1.165) is 18.4 Å². The van der Waals surface area contributed by atoms with Crippen LogP contribution in [0.5, 0.6) is 0 Å². The maximum Gasteiger partial charge on any atom is 0.241 e. The first-order valence-electron chi connectivity index (χ1n) is 8.16. The number of aryl methyl sites for hydroxylation is 2. The minimum Gasteiger partial charge on any atom is -0.212 e. The van der Waals surface area contributed by atoms with Crippen LogP contribution in [0.25, 0.3) is 0 Å². The van der Waals surface area contributed by atoms with E-state index in [4.69, 9.17) is 0 Å². The van der Waals surface area contributed by atoms with Crippen LogP contribution in [0, 0.1) is 13.8 Å². The van der Waals surface area contributed by atoms with Gasteiger partial charge in [0.05, 0.1) is 11.2 Å². The van der Waals surface area contributed by atoms with Gasteiger partial charge in [-0.15, -0.1) is 0 Å². The molecule has 0 spiro atoms. The summed E-state index contributed by atoms with van der Waals surface area (Å²) in [5.41, 5.74) is 1.61. The molecule has 2 aliphatic heterocycles. The summed E-state index contributed by atoms with van der Waals surface area (Å²) in [5.74, 6) is 0. The van der Waals surface area contributed by atoms with Crippen LogP contribution in [0.2, 0.25) is 0 Å². The summed E-state index contributed by atoms with van der Waals surface area (Å²) in [6, 6.07) is 4.97. The Hall–Kier alpha value is -0.960. The maximum atomic E-state index is 12.7. The summed E-state index contributed by atoms with van der Waals surface area (Å²) in [6.45, 7) is 3.65. The Balaban J connectivity index is 1.80. The number of fused-ring (bicyclic) bond motifs is 2. The lowest BCUT2D eigenvalue weighted by Crippen LogP contribution is -2.52. The number of rotatable bonds is 4. The highest BCUT2D eigenvalue weighted by atomic mass is 32.2. The van der Waals surface area contributed by atoms with Gasteiger partial charge in [0.15, 0.2) is 0 Å². The van der Waals surface area contributed by atoms with E-state index in [1.807, 2.05) is 13.0 Å². The van der Waals surface area contributed by atoms with E-state index >= 15 is 0 Å². The average molecular weight is 373 g/mol. The van der Waals surface area contributed by atoms with Gasteiger partial charge in [-0.25, -0.2) is 21.6 Å². The van der Waals surface area contributed by atoms with Crippen LogP contribution in [0.1, 0.15) is 36.8 Å². The van der Waals surface area contributed by atoms with Crippen molar-refractivity contribution >= 4 is 20.0 Å². The molecule has 2 fully saturated rings. The SMILES string of the molecule is Cc1ccc(C)c(S(=O)(=O)NC2CC3CCC(C2)N3S(C)(=O)=O)c1. The smallest absolute Gasteiger partial charge is 0.212 e. The Kier molecular flexibility index (Phi) is 4.53. The largest absolute Gasteiger partial charge is 0.241 e. The second-order valence-corrected chi connectivity index (χ2v) is 10.6. The highest BCUT2D eigenvalue weighted by Gasteiger charge is 2.46. The van der Waals surface area contributed by atoms with Gasteiger partial charge in [-0.3, -0.25) is 0 Å². The van der Waals surface area contributed by atoms with Crippen molar-refractivity contribution in [3.05, 3.63) is 29.3 Å². The average Bonchev–Trinajstić information content (AvgIpc) is 2.74. The van der Waals surface area contributed by atoms with Crippen molar-refractivity contribution in [2.75, 3.05) is 6.26 Å². The van der Waals surface area contributed by atoms with Crippen molar-refractivity contribution in [3.63, 3.8) is 0 Å². The van der Waals surface area contributed by atoms with E-state index < -0.39 is 20.0 Å². The Morgan fingerprint density at radius 1 is 1.04 bits per heavy atom. The lowest BCUT2D eigenvalue weighted by molar-refractivity contribution is 0.221. The molecule has 24 heavy (non-hydrogen) atoms. The van der Waals surface area contributed by atoms with Crippen molar-refractivity contribution in [1.82, 2.24) is 9.03 Å². The molecule has 0 saturated carbocycles. The van der Waals surface area contributed by atoms with Crippen molar-refractivity contribution in [2.24, 2.45) is 0 Å². The number of piperidine rings is 1. The van der Waals surface area contributed by atoms with E-state index in [1.165, 1.54) is 6.26 Å². The first kappa shape index (κ1) is 17.8. The summed E-state index contributed by atoms with van der Waals surface area (Å²) in [7, 11) is -6.84. The quantitative estimate of drug-likeness (QED) is 0.869. The molecule has 1 aromatic carbocycles. The summed E-state index contributed by atoms with van der Waals surface area (Å²) in [4.78, 5) is 0.306. The molecule has 1 N–H and O–H groups in total. The number of hydrogen-bond acceptors (Lipinski definition) is 4. The third-order valence-corrected chi connectivity index (χ3v) is 8.03. The van der Waals surface area contributed by atoms with Gasteiger partial charge in [0.25, 0.3) is 0 Å². The molecule has 8 heteroatoms. The predicted octanol–water partition coefficient (Wildman–Crippen LogP) is 1.54. The highest BCUT2D eigenvalue weighted by Crippen LogP contribution is 2.38. The number of nitrogens with zero attached hydrogens (tertiary/aromatic N) is 1. The second-order valence-electron chi connectivity index (χ2n) is 7.04. The van der Waals surface area contributed by atoms with Gasteiger partial charge in [-0.1, -0.05) is 12.1 Å². The first-order chi connectivity index (χ1) is 11.1. The van der Waals surface area contributed by atoms with E-state index in [1.54, 1.807) is 23.4 Å². The van der Waals surface area contributed by atoms with Crippen LogP contribution in [-0.2, 0) is 20.0 Å². The van der Waals surface area contributed by atoms with E-state index in [2.05, 4.69) is 4.72 Å². The van der Waals surface area contributed by atoms with E-state index in [0.29, 0.717) is 23.3 Å². The first-order valence-corrected chi connectivity index (χ1v) is 11.5. The normalized spacial score (nSPS) is 28.2. The molecule has 134 valence electrons. The second kappa shape index (κ2) is 6.09. The molecule has 1 aromatic rings. The monoisotopic (exact) mass is 372 g/mol. The third kappa shape index (κ3) is 3.37. The molecule has 0 amide bonds. The van der Waals surface area contributed by atoms with Gasteiger partial charge < -0.3 is 0 Å². The fourth-order valence-corrected chi connectivity index (χ4v) is 7.11. The zero-order valence-electron chi connectivity index (χ0n) is 14.2. The van der Waals surface area contributed by atoms with Crippen LogP contribution >= 0.6 is 0 Å². The van der Waals surface area contributed by atoms with Crippen LogP contribution in [0.4, 0.5) is 0 Å². The van der Waals surface area contributed by atoms with Gasteiger partial charge in [0.2, 0.25) is 20.0 Å². The summed E-state index contributed by atoms with van der Waals surface area (Å²) >= 11 is 0. The van der Waals surface area contributed by atoms with Crippen molar-refractivity contribution < 1.29 is 16.8 Å². The molecule has 2 aliphatic rings. The Labute approximate surface area is 144 Å². The van der Waals surface area contributed by atoms with Crippen LogP contribution in [-0.4, -0.2) is 45.5 Å². The van der Waals surface area contributed by atoms with Crippen LogP contribution in [0.15, 0.2) is 23.1 Å². The van der Waals surface area contributed by atoms with Gasteiger partial charge in [0, 0.05) is 18.1 Å². The molecule has 0 radical (unpaired) electrons. The Bertz CT molecular complexity index is 835. The van der Waals surface area contributed by atoms with Gasteiger partial charge in [-0.2, -0.15) is 4.31 Å². The molecule has 2 heterocycles. The maximum absolute atomic E-state index is 12.7. The van der Waals surface area contributed by atoms with Crippen molar-refractivity contribution in [2.45, 2.75) is 62.6 Å². The number of nitrogens with one attached hydrogen (secondary N) is 1. The molecule has 2 unspecified atom stereocenters. The number of hydrogen-bond donors (Lipinski definition) is 1. The molecule has 0 aliphatic carbocycles. The minimum absolute atomic E-state index is 0.0925. The number of benzene rings is 1. The van der Waals surface area contributed by atoms with E-state index in [-0.39, 0.29) is 18.1 Å². The molecule has 6 nitrogen and oxygen atoms in total. The standard InChI is InChI=1S/C16H24N2O4S2/c1-11-4-5-12(2)16(8-11)24(21,22)17-13-9-14-6-7-15(10-13)18(14)23(3,19)20/h4-5,8,13-15,17H,6-7,9-10H2,1-3H3. The molecule has 2 saturated heterocycles. The summed E-state index contributed by atoms with van der Waals surface area (Å²) in [5, 5.41) is 0. The van der Waals surface area contributed by atoms with Gasteiger partial charge in [-0.05, 0) is 56.7 Å². The summed E-state index contributed by atoms with van der Waals surface area (Å²) < 4.78 is 53.7. The van der Waals surface area contributed by atoms with Crippen LogP contribution in [0.3, 0.4) is 0 Å². The van der Waals surface area contributed by atoms with E-state index in [9.17, 15) is 16.8 Å². The van der Waals surface area contributed by atoms with Crippen molar-refractivity contribution in [3.8, 4) is 0 Å². The molecule has 0 aromatic heterocycles. The molecule has 2 bridgehead atoms. The highest BCUT2D eigenvalue weighted by molar-refractivity contribution is 7.89. The lowest BCUT2D eigenvalue weighted by Gasteiger charge is -2.37. The molecular formula is C16H24N2O4S2. The van der Waals surface area contributed by atoms with Gasteiger partial charge in [0.1, 0.15) is 0 Å². The molecule has 3 rings (SSSR count). The molecular weight excluding hydrogens is 348 g/mol. The summed E-state index contributed by atoms with van der Waals surface area (Å²) in [6.07, 6.45) is 3.92. The Morgan fingerprint density at radius 2 is 1.62 bits per heavy atom. The van der Waals surface area contributed by atoms with Crippen LogP contribution < -0.4 is 4.72 Å². The molecule has 2 atom stereocenters. The zero-order valence-corrected chi connectivity index (χ0v) is 15.8. The number of sulfonamides is 2. The van der Waals surface area contributed by atoms with Crippen molar-refractivity contribution in [1.29, 1.82) is 0 Å². The lowest BCUT2D eigenvalue weighted by atomic mass is 10.0. The Morgan fingerprint density at radius 3 is 2.17 bits per heavy atom. The topological polar surface area (TPSA) is 83.6 Å². The minimum atomic E-state index is -3.60. The fourth-order valence-electron chi connectivity index (χ4n) is 4.05.